The number of urea groups is 1. The van der Waals surface area contributed by atoms with Crippen LogP contribution in [-0.4, -0.2) is 54.5 Å². The summed E-state index contributed by atoms with van der Waals surface area (Å²) >= 11 is 0. The molecule has 3 unspecified atom stereocenters. The highest BCUT2D eigenvalue weighted by Crippen LogP contribution is 2.19. The smallest absolute Gasteiger partial charge is 0.317 e. The standard InChI is InChI=1S/C17H24F2N2O3/c1-11(15-4-3-13(18)8-16(15)19)9-20-17(23)21-5-6-24-10-14(21)7-12(2)22/h3-4,8,11-12,14,22H,5-7,9-10H2,1-2H3,(H,20,23). The van der Waals surface area contributed by atoms with Crippen molar-refractivity contribution in [3.05, 3.63) is 35.4 Å². The molecule has 2 N–H and O–H groups in total. The summed E-state index contributed by atoms with van der Waals surface area (Å²) in [6.07, 6.45) is -0.0884. The Bertz CT molecular complexity index is 569. The minimum absolute atomic E-state index is 0.184. The molecule has 5 nitrogen and oxygen atoms in total. The van der Waals surface area contributed by atoms with Gasteiger partial charge in [-0.1, -0.05) is 13.0 Å². The minimum Gasteiger partial charge on any atom is -0.393 e. The molecule has 2 rings (SSSR count). The van der Waals surface area contributed by atoms with Crippen molar-refractivity contribution in [2.45, 2.75) is 38.3 Å². The van der Waals surface area contributed by atoms with Crippen LogP contribution in [0.25, 0.3) is 0 Å². The number of amides is 2. The van der Waals surface area contributed by atoms with Crippen LogP contribution in [0.5, 0.6) is 0 Å². The first-order chi connectivity index (χ1) is 11.4. The van der Waals surface area contributed by atoms with Gasteiger partial charge in [-0.2, -0.15) is 0 Å². The third-order valence-electron chi connectivity index (χ3n) is 4.15. The van der Waals surface area contributed by atoms with Crippen molar-refractivity contribution >= 4 is 6.03 Å². The highest BCUT2D eigenvalue weighted by atomic mass is 19.1. The first-order valence-corrected chi connectivity index (χ1v) is 8.13. The molecule has 1 heterocycles. The molecular formula is C17H24F2N2O3. The Kier molecular flexibility index (Phi) is 6.51. The predicted molar refractivity (Wildman–Crippen MR) is 85.8 cm³/mol. The SMILES string of the molecule is CC(O)CC1COCCN1C(=O)NCC(C)c1ccc(F)cc1F. The number of aliphatic hydroxyl groups is 1. The third-order valence-corrected chi connectivity index (χ3v) is 4.15. The van der Waals surface area contributed by atoms with Gasteiger partial charge in [0.15, 0.2) is 0 Å². The summed E-state index contributed by atoms with van der Waals surface area (Å²) in [5, 5.41) is 12.3. The molecule has 0 radical (unpaired) electrons. The van der Waals surface area contributed by atoms with Gasteiger partial charge in [-0.15, -0.1) is 0 Å². The van der Waals surface area contributed by atoms with E-state index in [0.29, 0.717) is 31.7 Å². The highest BCUT2D eigenvalue weighted by Gasteiger charge is 2.28. The zero-order valence-corrected chi connectivity index (χ0v) is 14.0. The van der Waals surface area contributed by atoms with E-state index in [4.69, 9.17) is 4.74 Å². The molecular weight excluding hydrogens is 318 g/mol. The quantitative estimate of drug-likeness (QED) is 0.863. The molecule has 0 saturated carbocycles. The largest absolute Gasteiger partial charge is 0.393 e. The number of morpholine rings is 1. The summed E-state index contributed by atoms with van der Waals surface area (Å²) in [6, 6.07) is 2.99. The third kappa shape index (κ3) is 4.88. The summed E-state index contributed by atoms with van der Waals surface area (Å²) in [4.78, 5) is 14.0. The van der Waals surface area contributed by atoms with E-state index >= 15 is 0 Å². The maximum absolute atomic E-state index is 13.8. The number of rotatable bonds is 5. The van der Waals surface area contributed by atoms with Crippen LogP contribution in [0.1, 0.15) is 31.7 Å². The van der Waals surface area contributed by atoms with Gasteiger partial charge in [0.05, 0.1) is 25.4 Å². The number of nitrogens with one attached hydrogen (secondary N) is 1. The number of hydrogen-bond donors (Lipinski definition) is 2. The van der Waals surface area contributed by atoms with Crippen LogP contribution in [0.15, 0.2) is 18.2 Å². The molecule has 0 bridgehead atoms. The van der Waals surface area contributed by atoms with Crippen molar-refractivity contribution in [1.82, 2.24) is 10.2 Å². The van der Waals surface area contributed by atoms with Crippen molar-refractivity contribution in [1.29, 1.82) is 0 Å². The van der Waals surface area contributed by atoms with Crippen molar-refractivity contribution < 1.29 is 23.4 Å². The maximum atomic E-state index is 13.8. The van der Waals surface area contributed by atoms with E-state index in [9.17, 15) is 18.7 Å². The number of nitrogens with zero attached hydrogens (tertiary/aromatic N) is 1. The molecule has 0 aromatic heterocycles. The topological polar surface area (TPSA) is 61.8 Å². The first kappa shape index (κ1) is 18.6. The van der Waals surface area contributed by atoms with Crippen molar-refractivity contribution in [3.8, 4) is 0 Å². The van der Waals surface area contributed by atoms with Crippen LogP contribution in [0.2, 0.25) is 0 Å². The zero-order chi connectivity index (χ0) is 17.7. The fraction of sp³-hybridized carbons (Fsp3) is 0.588. The van der Waals surface area contributed by atoms with Crippen LogP contribution in [0.3, 0.4) is 0 Å². The Morgan fingerprint density at radius 2 is 2.21 bits per heavy atom. The molecule has 0 spiro atoms. The lowest BCUT2D eigenvalue weighted by molar-refractivity contribution is -0.00433. The van der Waals surface area contributed by atoms with Crippen LogP contribution < -0.4 is 5.32 Å². The highest BCUT2D eigenvalue weighted by molar-refractivity contribution is 5.74. The number of halogens is 2. The second kappa shape index (κ2) is 8.39. The molecule has 134 valence electrons. The zero-order valence-electron chi connectivity index (χ0n) is 14.0. The van der Waals surface area contributed by atoms with Crippen molar-refractivity contribution in [3.63, 3.8) is 0 Å². The Labute approximate surface area is 140 Å². The Morgan fingerprint density at radius 3 is 2.88 bits per heavy atom. The van der Waals surface area contributed by atoms with Gasteiger partial charge in [0.2, 0.25) is 0 Å². The molecule has 1 aromatic rings. The summed E-state index contributed by atoms with van der Waals surface area (Å²) in [5.41, 5.74) is 0.360. The fourth-order valence-electron chi connectivity index (χ4n) is 2.86. The Hall–Kier alpha value is -1.73. The van der Waals surface area contributed by atoms with Crippen molar-refractivity contribution in [2.24, 2.45) is 0 Å². The molecule has 1 fully saturated rings. The summed E-state index contributed by atoms with van der Waals surface area (Å²) in [5.74, 6) is -1.53. The Morgan fingerprint density at radius 1 is 1.46 bits per heavy atom. The van der Waals surface area contributed by atoms with Gasteiger partial charge < -0.3 is 20.1 Å². The number of carbonyl (C=O) groups excluding carboxylic acids is 1. The van der Waals surface area contributed by atoms with Gasteiger partial charge in [-0.05, 0) is 25.0 Å². The van der Waals surface area contributed by atoms with E-state index in [1.54, 1.807) is 18.7 Å². The predicted octanol–water partition coefficient (Wildman–Crippen LogP) is 2.25. The minimum atomic E-state index is -0.623. The second-order valence-electron chi connectivity index (χ2n) is 6.26. The summed E-state index contributed by atoms with van der Waals surface area (Å²) < 4.78 is 32.1. The van der Waals surface area contributed by atoms with E-state index < -0.39 is 17.7 Å². The first-order valence-electron chi connectivity index (χ1n) is 8.13. The number of hydrogen-bond acceptors (Lipinski definition) is 3. The van der Waals surface area contributed by atoms with Gasteiger partial charge >= 0.3 is 6.03 Å². The normalized spacial score (nSPS) is 20.5. The van der Waals surface area contributed by atoms with Crippen molar-refractivity contribution in [2.75, 3.05) is 26.3 Å². The van der Waals surface area contributed by atoms with Gasteiger partial charge in [0.25, 0.3) is 0 Å². The molecule has 1 aliphatic rings. The summed E-state index contributed by atoms with van der Waals surface area (Å²) in [6.45, 7) is 4.96. The number of aliphatic hydroxyl groups excluding tert-OH is 1. The van der Waals surface area contributed by atoms with Crippen LogP contribution in [-0.2, 0) is 4.74 Å². The van der Waals surface area contributed by atoms with Crippen LogP contribution in [0, 0.1) is 11.6 Å². The van der Waals surface area contributed by atoms with Gasteiger partial charge in [-0.25, -0.2) is 13.6 Å². The van der Waals surface area contributed by atoms with Gasteiger partial charge in [0.1, 0.15) is 11.6 Å². The lowest BCUT2D eigenvalue weighted by Crippen LogP contribution is -2.53. The summed E-state index contributed by atoms with van der Waals surface area (Å²) in [7, 11) is 0. The molecule has 3 atom stereocenters. The molecule has 1 aromatic carbocycles. The number of benzene rings is 1. The van der Waals surface area contributed by atoms with E-state index in [1.165, 1.54) is 12.1 Å². The van der Waals surface area contributed by atoms with E-state index in [-0.39, 0.29) is 24.5 Å². The van der Waals surface area contributed by atoms with E-state index in [2.05, 4.69) is 5.32 Å². The number of carbonyl (C=O) groups is 1. The lowest BCUT2D eigenvalue weighted by Gasteiger charge is -2.36. The molecule has 7 heteroatoms. The van der Waals surface area contributed by atoms with E-state index in [0.717, 1.165) is 6.07 Å². The Balaban J connectivity index is 1.93. The van der Waals surface area contributed by atoms with E-state index in [1.807, 2.05) is 0 Å². The van der Waals surface area contributed by atoms with Gasteiger partial charge in [-0.3, -0.25) is 0 Å². The average Bonchev–Trinajstić information content (AvgIpc) is 2.52. The van der Waals surface area contributed by atoms with Crippen LogP contribution >= 0.6 is 0 Å². The molecule has 1 saturated heterocycles. The van der Waals surface area contributed by atoms with Crippen LogP contribution in [0.4, 0.5) is 13.6 Å². The lowest BCUT2D eigenvalue weighted by atomic mass is 10.0. The van der Waals surface area contributed by atoms with Gasteiger partial charge in [0, 0.05) is 25.1 Å². The number of ether oxygens (including phenoxy) is 1. The average molecular weight is 342 g/mol. The fourth-order valence-corrected chi connectivity index (χ4v) is 2.86. The second-order valence-corrected chi connectivity index (χ2v) is 6.26. The monoisotopic (exact) mass is 342 g/mol. The molecule has 2 amide bonds. The molecule has 0 aliphatic carbocycles. The molecule has 1 aliphatic heterocycles. The molecule has 24 heavy (non-hydrogen) atoms. The maximum Gasteiger partial charge on any atom is 0.317 e.